The number of thioether (sulfide) groups is 1. The molecule has 2 unspecified atom stereocenters. The van der Waals surface area contributed by atoms with Crippen LogP contribution in [0.5, 0.6) is 0 Å². The molecule has 0 aliphatic heterocycles. The van der Waals surface area contributed by atoms with Gasteiger partial charge in [0.05, 0.1) is 5.60 Å². The molecule has 1 nitrogen and oxygen atoms in total. The molecule has 0 fully saturated rings. The first-order valence-corrected chi connectivity index (χ1v) is 7.22. The van der Waals surface area contributed by atoms with Gasteiger partial charge in [-0.15, -0.1) is 0 Å². The summed E-state index contributed by atoms with van der Waals surface area (Å²) in [4.78, 5) is 0. The maximum atomic E-state index is 12.9. The van der Waals surface area contributed by atoms with Gasteiger partial charge < -0.3 is 5.11 Å². The van der Waals surface area contributed by atoms with Gasteiger partial charge in [-0.2, -0.15) is 8.78 Å². The minimum Gasteiger partial charge on any atom is -0.385 e. The van der Waals surface area contributed by atoms with Crippen molar-refractivity contribution in [2.24, 2.45) is 5.92 Å². The number of aliphatic hydroxyl groups is 1. The fraction of sp³-hybridized carbons (Fsp3) is 0.538. The minimum atomic E-state index is -4.11. The van der Waals surface area contributed by atoms with Crippen molar-refractivity contribution in [1.29, 1.82) is 0 Å². The van der Waals surface area contributed by atoms with Crippen LogP contribution in [0.25, 0.3) is 0 Å². The molecule has 1 aromatic rings. The molecule has 20 heavy (non-hydrogen) atoms. The van der Waals surface area contributed by atoms with Gasteiger partial charge in [-0.1, -0.05) is 42.4 Å². The van der Waals surface area contributed by atoms with Crippen molar-refractivity contribution < 1.29 is 22.7 Å². The molecule has 1 aromatic carbocycles. The Morgan fingerprint density at radius 2 is 1.75 bits per heavy atom. The maximum Gasteiger partial charge on any atom is 0.353 e. The summed E-state index contributed by atoms with van der Waals surface area (Å²) in [5.41, 5.74) is -0.911. The van der Waals surface area contributed by atoms with Crippen molar-refractivity contribution in [3.05, 3.63) is 34.9 Å². The lowest BCUT2D eigenvalue weighted by Gasteiger charge is -2.31. The van der Waals surface area contributed by atoms with E-state index in [1.807, 2.05) is 0 Å². The molecule has 2 atom stereocenters. The predicted molar refractivity (Wildman–Crippen MR) is 73.6 cm³/mol. The number of benzene rings is 1. The molecule has 0 aliphatic carbocycles. The molecule has 0 aliphatic rings. The van der Waals surface area contributed by atoms with Gasteiger partial charge in [-0.3, -0.25) is 0 Å². The summed E-state index contributed by atoms with van der Waals surface area (Å²) in [6.45, 7) is 2.99. The van der Waals surface area contributed by atoms with Gasteiger partial charge in [0.25, 0.3) is 0 Å². The second-order valence-electron chi connectivity index (χ2n) is 4.73. The molecule has 114 valence electrons. The Kier molecular flexibility index (Phi) is 5.75. The summed E-state index contributed by atoms with van der Waals surface area (Å²) in [5.74, 6) is -0.939. The molecule has 0 saturated heterocycles. The quantitative estimate of drug-likeness (QED) is 0.758. The van der Waals surface area contributed by atoms with E-state index in [2.05, 4.69) is 0 Å². The summed E-state index contributed by atoms with van der Waals surface area (Å²) in [5, 5.41) is 6.77. The van der Waals surface area contributed by atoms with E-state index in [9.17, 15) is 22.7 Å². The van der Waals surface area contributed by atoms with Crippen molar-refractivity contribution in [1.82, 2.24) is 0 Å². The van der Waals surface area contributed by atoms with Gasteiger partial charge in [0.15, 0.2) is 0 Å². The summed E-state index contributed by atoms with van der Waals surface area (Å²) in [6.07, 6.45) is -3.72. The Balaban J connectivity index is 2.75. The van der Waals surface area contributed by atoms with Gasteiger partial charge in [-0.05, 0) is 30.5 Å². The lowest BCUT2D eigenvalue weighted by molar-refractivity contribution is -0.0571. The zero-order valence-corrected chi connectivity index (χ0v) is 12.5. The number of rotatable bonds is 6. The van der Waals surface area contributed by atoms with Gasteiger partial charge in [-0.25, -0.2) is 8.78 Å². The van der Waals surface area contributed by atoms with E-state index in [4.69, 9.17) is 11.6 Å². The highest BCUT2D eigenvalue weighted by Crippen LogP contribution is 2.40. The lowest BCUT2D eigenvalue weighted by atomic mass is 9.85. The first-order chi connectivity index (χ1) is 9.07. The molecular weight excluding hydrogens is 316 g/mol. The van der Waals surface area contributed by atoms with Gasteiger partial charge in [0.2, 0.25) is 0 Å². The van der Waals surface area contributed by atoms with Crippen LogP contribution in [0.3, 0.4) is 0 Å². The largest absolute Gasteiger partial charge is 0.385 e. The summed E-state index contributed by atoms with van der Waals surface area (Å²) < 4.78 is 49.9. The molecule has 0 bridgehead atoms. The highest BCUT2D eigenvalue weighted by molar-refractivity contribution is 8.00. The van der Waals surface area contributed by atoms with Crippen LogP contribution in [0.2, 0.25) is 5.02 Å². The molecule has 1 N–H and O–H groups in total. The maximum absolute atomic E-state index is 12.9. The highest BCUT2D eigenvalue weighted by atomic mass is 35.5. The SMILES string of the molecule is CC(CSC(F)(F)C(F)F)C(C)(O)c1ccc(Cl)cc1. The third-order valence-corrected chi connectivity index (χ3v) is 4.65. The van der Waals surface area contributed by atoms with E-state index in [-0.39, 0.29) is 17.5 Å². The van der Waals surface area contributed by atoms with E-state index < -0.39 is 23.2 Å². The molecule has 0 aromatic heterocycles. The van der Waals surface area contributed by atoms with Crippen molar-refractivity contribution in [2.45, 2.75) is 31.1 Å². The smallest absolute Gasteiger partial charge is 0.353 e. The van der Waals surface area contributed by atoms with Crippen LogP contribution in [0.1, 0.15) is 19.4 Å². The van der Waals surface area contributed by atoms with Crippen LogP contribution in [0, 0.1) is 5.92 Å². The van der Waals surface area contributed by atoms with Crippen LogP contribution in [-0.4, -0.2) is 22.5 Å². The summed E-state index contributed by atoms with van der Waals surface area (Å²) in [6, 6.07) is 6.29. The Labute approximate surface area is 124 Å². The van der Waals surface area contributed by atoms with Crippen LogP contribution in [0.15, 0.2) is 24.3 Å². The molecule has 0 saturated carbocycles. The molecule has 0 amide bonds. The second-order valence-corrected chi connectivity index (χ2v) is 6.33. The lowest BCUT2D eigenvalue weighted by Crippen LogP contribution is -2.33. The Morgan fingerprint density at radius 1 is 1.25 bits per heavy atom. The van der Waals surface area contributed by atoms with Gasteiger partial charge >= 0.3 is 11.7 Å². The third kappa shape index (κ3) is 4.27. The van der Waals surface area contributed by atoms with Crippen molar-refractivity contribution >= 4 is 23.4 Å². The topological polar surface area (TPSA) is 20.2 Å². The third-order valence-electron chi connectivity index (χ3n) is 3.17. The van der Waals surface area contributed by atoms with E-state index >= 15 is 0 Å². The fourth-order valence-electron chi connectivity index (χ4n) is 1.53. The minimum absolute atomic E-state index is 0.150. The molecule has 0 heterocycles. The van der Waals surface area contributed by atoms with Gasteiger partial charge in [0.1, 0.15) is 0 Å². The Morgan fingerprint density at radius 3 is 2.20 bits per heavy atom. The van der Waals surface area contributed by atoms with Crippen LogP contribution < -0.4 is 0 Å². The van der Waals surface area contributed by atoms with Crippen molar-refractivity contribution in [3.63, 3.8) is 0 Å². The number of halogens is 5. The normalized spacial score (nSPS) is 17.1. The van der Waals surface area contributed by atoms with E-state index in [1.54, 1.807) is 24.3 Å². The average molecular weight is 331 g/mol. The van der Waals surface area contributed by atoms with Crippen LogP contribution in [0.4, 0.5) is 17.6 Å². The number of alkyl halides is 4. The number of hydrogen-bond donors (Lipinski definition) is 1. The molecule has 0 spiro atoms. The molecule has 0 radical (unpaired) electrons. The van der Waals surface area contributed by atoms with Crippen LogP contribution >= 0.6 is 23.4 Å². The van der Waals surface area contributed by atoms with Crippen molar-refractivity contribution in [2.75, 3.05) is 5.75 Å². The first-order valence-electron chi connectivity index (χ1n) is 5.85. The summed E-state index contributed by atoms with van der Waals surface area (Å²) in [7, 11) is 0. The van der Waals surface area contributed by atoms with Crippen LogP contribution in [-0.2, 0) is 5.60 Å². The molecule has 1 rings (SSSR count). The highest BCUT2D eigenvalue weighted by Gasteiger charge is 2.43. The monoisotopic (exact) mass is 330 g/mol. The van der Waals surface area contributed by atoms with E-state index in [0.29, 0.717) is 10.6 Å². The first kappa shape index (κ1) is 17.6. The molecule has 7 heteroatoms. The summed E-state index contributed by atoms with van der Waals surface area (Å²) >= 11 is 5.58. The van der Waals surface area contributed by atoms with E-state index in [0.717, 1.165) is 0 Å². The zero-order valence-electron chi connectivity index (χ0n) is 10.9. The Hall–Kier alpha value is -0.460. The van der Waals surface area contributed by atoms with Crippen molar-refractivity contribution in [3.8, 4) is 0 Å². The fourth-order valence-corrected chi connectivity index (χ4v) is 2.58. The Bertz CT molecular complexity index is 437. The zero-order chi connectivity index (χ0) is 15.6. The average Bonchev–Trinajstić information content (AvgIpc) is 2.36. The predicted octanol–water partition coefficient (Wildman–Crippen LogP) is 4.77. The second kappa shape index (κ2) is 6.54. The molecular formula is C13H15ClF4OS. The number of hydrogen-bond acceptors (Lipinski definition) is 2. The van der Waals surface area contributed by atoms with Gasteiger partial charge in [0, 0.05) is 10.8 Å². The standard InChI is InChI=1S/C13H15ClF4OS/c1-8(7-20-13(17,18)11(15)16)12(2,19)9-3-5-10(14)6-4-9/h3-6,8,11,19H,7H2,1-2H3. The van der Waals surface area contributed by atoms with E-state index in [1.165, 1.54) is 13.8 Å².